The zero-order valence-corrected chi connectivity index (χ0v) is 14.6. The van der Waals surface area contributed by atoms with Crippen LogP contribution < -0.4 is 5.32 Å². The van der Waals surface area contributed by atoms with Gasteiger partial charge in [0, 0.05) is 11.8 Å². The van der Waals surface area contributed by atoms with Crippen molar-refractivity contribution >= 4 is 11.8 Å². The molecule has 1 fully saturated rings. The quantitative estimate of drug-likeness (QED) is 0.686. The van der Waals surface area contributed by atoms with Gasteiger partial charge in [-0.05, 0) is 61.7 Å². The Balaban J connectivity index is 2.46. The third-order valence-corrected chi connectivity index (χ3v) is 5.69. The van der Waals surface area contributed by atoms with Crippen LogP contribution in [0.25, 0.3) is 0 Å². The van der Waals surface area contributed by atoms with E-state index in [1.165, 1.54) is 43.7 Å². The fourth-order valence-electron chi connectivity index (χ4n) is 3.46. The highest BCUT2D eigenvalue weighted by molar-refractivity contribution is 7.99. The second kappa shape index (κ2) is 9.28. The summed E-state index contributed by atoms with van der Waals surface area (Å²) in [5.74, 6) is 6.19. The summed E-state index contributed by atoms with van der Waals surface area (Å²) in [4.78, 5) is 0. The van der Waals surface area contributed by atoms with Crippen LogP contribution in [0, 0.1) is 23.7 Å². The van der Waals surface area contributed by atoms with E-state index in [9.17, 15) is 0 Å². The minimum atomic E-state index is 0.744. The van der Waals surface area contributed by atoms with E-state index in [2.05, 4.69) is 51.7 Å². The van der Waals surface area contributed by atoms with Crippen LogP contribution in [-0.4, -0.2) is 24.1 Å². The largest absolute Gasteiger partial charge is 0.313 e. The van der Waals surface area contributed by atoms with Crippen molar-refractivity contribution in [2.75, 3.05) is 18.1 Å². The van der Waals surface area contributed by atoms with Crippen LogP contribution in [0.3, 0.4) is 0 Å². The van der Waals surface area contributed by atoms with E-state index < -0.39 is 0 Å². The Morgan fingerprint density at radius 2 is 1.68 bits per heavy atom. The molecule has 0 aromatic rings. The van der Waals surface area contributed by atoms with Crippen molar-refractivity contribution in [1.29, 1.82) is 0 Å². The van der Waals surface area contributed by atoms with E-state index in [0.717, 1.165) is 29.7 Å². The first kappa shape index (κ1) is 17.4. The molecule has 0 aromatic carbocycles. The number of thioether (sulfide) groups is 1. The molecular weight excluding hydrogens is 250 g/mol. The lowest BCUT2D eigenvalue weighted by atomic mass is 9.74. The molecule has 0 aliphatic heterocycles. The van der Waals surface area contributed by atoms with Crippen molar-refractivity contribution in [3.8, 4) is 0 Å². The average Bonchev–Trinajstić information content (AvgIpc) is 2.31. The maximum atomic E-state index is 3.83. The van der Waals surface area contributed by atoms with Crippen LogP contribution >= 0.6 is 11.8 Å². The topological polar surface area (TPSA) is 12.0 Å². The highest BCUT2D eigenvalue weighted by atomic mass is 32.2. The van der Waals surface area contributed by atoms with E-state index in [1.54, 1.807) is 0 Å². The molecule has 0 bridgehead atoms. The molecule has 3 unspecified atom stereocenters. The van der Waals surface area contributed by atoms with E-state index in [0.29, 0.717) is 0 Å². The monoisotopic (exact) mass is 285 g/mol. The van der Waals surface area contributed by atoms with Gasteiger partial charge in [0.15, 0.2) is 0 Å². The number of hydrogen-bond acceptors (Lipinski definition) is 2. The molecule has 1 nitrogen and oxygen atoms in total. The summed E-state index contributed by atoms with van der Waals surface area (Å²) >= 11 is 2.15. The molecule has 3 atom stereocenters. The summed E-state index contributed by atoms with van der Waals surface area (Å²) in [6, 6.07) is 0.744. The Bertz CT molecular complexity index is 219. The number of nitrogens with one attached hydrogen (secondary N) is 1. The summed E-state index contributed by atoms with van der Waals surface area (Å²) in [6.07, 6.45) is 5.57. The molecule has 0 aromatic heterocycles. The first-order valence-electron chi connectivity index (χ1n) is 8.34. The lowest BCUT2D eigenvalue weighted by Crippen LogP contribution is -2.42. The van der Waals surface area contributed by atoms with Crippen LogP contribution in [0.1, 0.15) is 60.3 Å². The van der Waals surface area contributed by atoms with Gasteiger partial charge in [-0.3, -0.25) is 0 Å². The Morgan fingerprint density at radius 3 is 2.21 bits per heavy atom. The lowest BCUT2D eigenvalue weighted by Gasteiger charge is -2.37. The molecule has 1 aliphatic rings. The maximum absolute atomic E-state index is 3.83. The molecule has 0 amide bonds. The molecule has 0 saturated heterocycles. The molecule has 19 heavy (non-hydrogen) atoms. The van der Waals surface area contributed by atoms with Gasteiger partial charge >= 0.3 is 0 Å². The van der Waals surface area contributed by atoms with Crippen LogP contribution in [0.15, 0.2) is 0 Å². The standard InChI is InChI=1S/C17H35NS/c1-6-7-18-17(12-19-11-13(2)3)16-9-14(4)8-15(5)10-16/h13-18H,6-12H2,1-5H3. The van der Waals surface area contributed by atoms with Crippen molar-refractivity contribution in [3.63, 3.8) is 0 Å². The molecule has 1 saturated carbocycles. The van der Waals surface area contributed by atoms with Gasteiger partial charge in [0.05, 0.1) is 0 Å². The van der Waals surface area contributed by atoms with Crippen molar-refractivity contribution < 1.29 is 0 Å². The highest BCUT2D eigenvalue weighted by Crippen LogP contribution is 2.35. The lowest BCUT2D eigenvalue weighted by molar-refractivity contribution is 0.184. The summed E-state index contributed by atoms with van der Waals surface area (Å²) in [7, 11) is 0. The summed E-state index contributed by atoms with van der Waals surface area (Å²) in [5, 5.41) is 3.83. The zero-order chi connectivity index (χ0) is 14.3. The van der Waals surface area contributed by atoms with Crippen LogP contribution in [0.5, 0.6) is 0 Å². The molecule has 1 rings (SSSR count). The van der Waals surface area contributed by atoms with E-state index in [1.807, 2.05) is 0 Å². The molecule has 2 heteroatoms. The van der Waals surface area contributed by atoms with Gasteiger partial charge in [-0.15, -0.1) is 0 Å². The van der Waals surface area contributed by atoms with Gasteiger partial charge in [-0.25, -0.2) is 0 Å². The first-order chi connectivity index (χ1) is 9.02. The minimum Gasteiger partial charge on any atom is -0.313 e. The van der Waals surface area contributed by atoms with Crippen LogP contribution in [-0.2, 0) is 0 Å². The van der Waals surface area contributed by atoms with E-state index in [-0.39, 0.29) is 0 Å². The molecular formula is C17H35NS. The SMILES string of the molecule is CCCNC(CSCC(C)C)C1CC(C)CC(C)C1. The predicted octanol–water partition coefficient (Wildman–Crippen LogP) is 4.82. The van der Waals surface area contributed by atoms with Gasteiger partial charge in [0.25, 0.3) is 0 Å². The normalized spacial score (nSPS) is 29.7. The molecule has 0 spiro atoms. The number of hydrogen-bond donors (Lipinski definition) is 1. The van der Waals surface area contributed by atoms with Gasteiger partial charge in [-0.1, -0.05) is 34.6 Å². The molecule has 1 N–H and O–H groups in total. The highest BCUT2D eigenvalue weighted by Gasteiger charge is 2.29. The van der Waals surface area contributed by atoms with Crippen LogP contribution in [0.2, 0.25) is 0 Å². The fraction of sp³-hybridized carbons (Fsp3) is 1.00. The van der Waals surface area contributed by atoms with Crippen molar-refractivity contribution in [2.45, 2.75) is 66.3 Å². The summed E-state index contributed by atoms with van der Waals surface area (Å²) in [6.45, 7) is 13.0. The molecule has 0 heterocycles. The Hall–Kier alpha value is 0.310. The van der Waals surface area contributed by atoms with E-state index in [4.69, 9.17) is 0 Å². The third kappa shape index (κ3) is 7.04. The first-order valence-corrected chi connectivity index (χ1v) is 9.49. The summed E-state index contributed by atoms with van der Waals surface area (Å²) < 4.78 is 0. The summed E-state index contributed by atoms with van der Waals surface area (Å²) in [5.41, 5.74) is 0. The maximum Gasteiger partial charge on any atom is 0.0186 e. The Labute approximate surface area is 125 Å². The average molecular weight is 286 g/mol. The zero-order valence-electron chi connectivity index (χ0n) is 13.7. The van der Waals surface area contributed by atoms with Crippen molar-refractivity contribution in [2.24, 2.45) is 23.7 Å². The van der Waals surface area contributed by atoms with Crippen molar-refractivity contribution in [1.82, 2.24) is 5.32 Å². The minimum absolute atomic E-state index is 0.744. The molecule has 1 aliphatic carbocycles. The fourth-order valence-corrected chi connectivity index (χ4v) is 4.71. The van der Waals surface area contributed by atoms with Gasteiger partial charge in [0.1, 0.15) is 0 Å². The predicted molar refractivity (Wildman–Crippen MR) is 89.9 cm³/mol. The Kier molecular flexibility index (Phi) is 8.48. The van der Waals surface area contributed by atoms with Gasteiger partial charge in [0.2, 0.25) is 0 Å². The smallest absolute Gasteiger partial charge is 0.0186 e. The van der Waals surface area contributed by atoms with Gasteiger partial charge in [-0.2, -0.15) is 11.8 Å². The number of rotatable bonds is 8. The van der Waals surface area contributed by atoms with Crippen molar-refractivity contribution in [3.05, 3.63) is 0 Å². The molecule has 114 valence electrons. The second-order valence-electron chi connectivity index (χ2n) is 7.17. The van der Waals surface area contributed by atoms with E-state index >= 15 is 0 Å². The molecule has 0 radical (unpaired) electrons. The third-order valence-electron chi connectivity index (χ3n) is 4.19. The Morgan fingerprint density at radius 1 is 1.05 bits per heavy atom. The second-order valence-corrected chi connectivity index (χ2v) is 8.24. The van der Waals surface area contributed by atoms with Gasteiger partial charge < -0.3 is 5.32 Å². The van der Waals surface area contributed by atoms with Crippen LogP contribution in [0.4, 0.5) is 0 Å².